The fourth-order valence-electron chi connectivity index (χ4n) is 1.37. The maximum atomic E-state index is 12.3. The molecule has 0 atom stereocenters. The van der Waals surface area contributed by atoms with E-state index in [0.29, 0.717) is 11.4 Å². The number of hydrogen-bond donors (Lipinski definition) is 1. The molecular formula is C10H16N2O4S2. The lowest BCUT2D eigenvalue weighted by Crippen LogP contribution is -2.40. The van der Waals surface area contributed by atoms with Gasteiger partial charge in [0, 0.05) is 6.04 Å². The van der Waals surface area contributed by atoms with E-state index in [1.807, 2.05) is 6.92 Å². The highest BCUT2D eigenvalue weighted by Crippen LogP contribution is 2.24. The summed E-state index contributed by atoms with van der Waals surface area (Å²) in [5, 5.41) is 9.49. The van der Waals surface area contributed by atoms with Gasteiger partial charge in [0.25, 0.3) is 10.0 Å². The van der Waals surface area contributed by atoms with Gasteiger partial charge in [0.05, 0.1) is 11.2 Å². The number of carboxylic acids is 1. The maximum absolute atomic E-state index is 12.3. The highest BCUT2D eigenvalue weighted by molar-refractivity contribution is 7.91. The second kappa shape index (κ2) is 5.77. The van der Waals surface area contributed by atoms with E-state index in [0.717, 1.165) is 15.6 Å². The molecule has 0 saturated carbocycles. The molecule has 0 unspecified atom stereocenters. The van der Waals surface area contributed by atoms with Gasteiger partial charge >= 0.3 is 5.97 Å². The third-order valence-electron chi connectivity index (χ3n) is 2.26. The Balaban J connectivity index is 3.12. The van der Waals surface area contributed by atoms with Gasteiger partial charge < -0.3 is 5.11 Å². The number of aliphatic carboxylic acids is 1. The first-order chi connectivity index (χ1) is 8.28. The summed E-state index contributed by atoms with van der Waals surface area (Å²) >= 11 is 1.08. The number of hydrogen-bond acceptors (Lipinski definition) is 5. The fourth-order valence-corrected chi connectivity index (χ4v) is 4.21. The number of carbonyl (C=O) groups is 1. The van der Waals surface area contributed by atoms with Gasteiger partial charge in [0.1, 0.15) is 6.54 Å². The zero-order valence-corrected chi connectivity index (χ0v) is 12.1. The van der Waals surface area contributed by atoms with Crippen molar-refractivity contribution in [1.29, 1.82) is 0 Å². The normalized spacial score (nSPS) is 12.3. The summed E-state index contributed by atoms with van der Waals surface area (Å²) in [6.07, 6.45) is 1.94. The minimum absolute atomic E-state index is 0.0919. The van der Waals surface area contributed by atoms with Crippen LogP contribution in [0.2, 0.25) is 0 Å². The van der Waals surface area contributed by atoms with Crippen LogP contribution in [0.4, 0.5) is 0 Å². The molecule has 0 spiro atoms. The highest BCUT2D eigenvalue weighted by atomic mass is 32.2. The molecule has 18 heavy (non-hydrogen) atoms. The zero-order chi connectivity index (χ0) is 13.9. The molecule has 1 heterocycles. The van der Waals surface area contributed by atoms with Crippen molar-refractivity contribution in [3.8, 4) is 0 Å². The van der Waals surface area contributed by atoms with Gasteiger partial charge in [-0.1, -0.05) is 6.92 Å². The molecule has 1 rings (SSSR count). The average Bonchev–Trinajstić information content (AvgIpc) is 2.74. The van der Waals surface area contributed by atoms with Gasteiger partial charge in [-0.25, -0.2) is 13.4 Å². The molecule has 1 aromatic rings. The third kappa shape index (κ3) is 3.27. The van der Waals surface area contributed by atoms with Gasteiger partial charge in [0.2, 0.25) is 0 Å². The molecule has 0 fully saturated rings. The summed E-state index contributed by atoms with van der Waals surface area (Å²) in [4.78, 5) is 14.7. The summed E-state index contributed by atoms with van der Waals surface area (Å²) in [5.74, 6) is -1.17. The van der Waals surface area contributed by atoms with Gasteiger partial charge in [-0.3, -0.25) is 4.79 Å². The van der Waals surface area contributed by atoms with E-state index >= 15 is 0 Å². The number of aromatic nitrogens is 1. The van der Waals surface area contributed by atoms with Crippen molar-refractivity contribution in [3.05, 3.63) is 11.2 Å². The Bertz CT molecular complexity index is 522. The molecule has 0 radical (unpaired) electrons. The molecule has 1 N–H and O–H groups in total. The molecule has 0 aliphatic heterocycles. The van der Waals surface area contributed by atoms with E-state index < -0.39 is 28.6 Å². The Kier molecular flexibility index (Phi) is 4.83. The lowest BCUT2D eigenvalue weighted by molar-refractivity contribution is -0.137. The quantitative estimate of drug-likeness (QED) is 0.851. The van der Waals surface area contributed by atoms with Crippen LogP contribution >= 0.6 is 11.3 Å². The van der Waals surface area contributed by atoms with Crippen LogP contribution in [-0.4, -0.2) is 41.4 Å². The van der Waals surface area contributed by atoms with Crippen LogP contribution in [0.25, 0.3) is 0 Å². The Labute approximate surface area is 110 Å². The first-order valence-electron chi connectivity index (χ1n) is 5.47. The van der Waals surface area contributed by atoms with Crippen LogP contribution in [-0.2, 0) is 21.2 Å². The molecular weight excluding hydrogens is 276 g/mol. The monoisotopic (exact) mass is 292 g/mol. The fraction of sp³-hybridized carbons (Fsp3) is 0.600. The van der Waals surface area contributed by atoms with Crippen molar-refractivity contribution in [1.82, 2.24) is 9.29 Å². The van der Waals surface area contributed by atoms with Crippen LogP contribution in [0.5, 0.6) is 0 Å². The van der Waals surface area contributed by atoms with E-state index in [9.17, 15) is 13.2 Å². The third-order valence-corrected chi connectivity index (χ3v) is 5.87. The van der Waals surface area contributed by atoms with Crippen molar-refractivity contribution in [2.75, 3.05) is 6.54 Å². The number of rotatable bonds is 6. The highest BCUT2D eigenvalue weighted by Gasteiger charge is 2.30. The van der Waals surface area contributed by atoms with Crippen molar-refractivity contribution in [2.24, 2.45) is 0 Å². The predicted molar refractivity (Wildman–Crippen MR) is 68.2 cm³/mol. The summed E-state index contributed by atoms with van der Waals surface area (Å²) in [6.45, 7) is 4.62. The average molecular weight is 292 g/mol. The number of nitrogens with zero attached hydrogens (tertiary/aromatic N) is 2. The molecule has 0 amide bonds. The second-order valence-corrected chi connectivity index (χ2v) is 7.20. The SMILES string of the molecule is CCc1ncc(S(=O)(=O)N(CC(=O)O)C(C)C)s1. The van der Waals surface area contributed by atoms with Gasteiger partial charge in [-0.2, -0.15) is 4.31 Å². The van der Waals surface area contributed by atoms with Crippen molar-refractivity contribution >= 4 is 27.3 Å². The van der Waals surface area contributed by atoms with E-state index in [1.165, 1.54) is 6.20 Å². The number of carboxylic acid groups (broad SMARTS) is 1. The molecule has 6 nitrogen and oxygen atoms in total. The second-order valence-electron chi connectivity index (χ2n) is 3.96. The van der Waals surface area contributed by atoms with Gasteiger partial charge in [-0.05, 0) is 20.3 Å². The van der Waals surface area contributed by atoms with Crippen molar-refractivity contribution in [2.45, 2.75) is 37.4 Å². The van der Waals surface area contributed by atoms with Crippen molar-refractivity contribution in [3.63, 3.8) is 0 Å². The Morgan fingerprint density at radius 1 is 1.56 bits per heavy atom. The Morgan fingerprint density at radius 3 is 2.56 bits per heavy atom. The molecule has 1 aromatic heterocycles. The summed E-state index contributed by atoms with van der Waals surface area (Å²) in [7, 11) is -3.78. The molecule has 0 aliphatic rings. The topological polar surface area (TPSA) is 87.6 Å². The minimum Gasteiger partial charge on any atom is -0.480 e. The van der Waals surface area contributed by atoms with Crippen LogP contribution < -0.4 is 0 Å². The molecule has 8 heteroatoms. The largest absolute Gasteiger partial charge is 0.480 e. The maximum Gasteiger partial charge on any atom is 0.318 e. The standard InChI is InChI=1S/C10H16N2O4S2/c1-4-8-11-5-10(17-8)18(15,16)12(7(2)3)6-9(13)14/h5,7H,4,6H2,1-3H3,(H,13,14). The predicted octanol–water partition coefficient (Wildman–Crippen LogP) is 1.19. The van der Waals surface area contributed by atoms with Crippen LogP contribution in [0.1, 0.15) is 25.8 Å². The van der Waals surface area contributed by atoms with Gasteiger partial charge in [-0.15, -0.1) is 11.3 Å². The molecule has 0 aromatic carbocycles. The van der Waals surface area contributed by atoms with Crippen LogP contribution in [0, 0.1) is 0 Å². The van der Waals surface area contributed by atoms with Gasteiger partial charge in [0.15, 0.2) is 4.21 Å². The van der Waals surface area contributed by atoms with Crippen molar-refractivity contribution < 1.29 is 18.3 Å². The number of sulfonamides is 1. The Morgan fingerprint density at radius 2 is 2.17 bits per heavy atom. The summed E-state index contributed by atoms with van der Waals surface area (Å²) < 4.78 is 25.6. The number of aryl methyl sites for hydroxylation is 1. The van der Waals surface area contributed by atoms with E-state index in [-0.39, 0.29) is 4.21 Å². The molecule has 0 bridgehead atoms. The minimum atomic E-state index is -3.78. The molecule has 102 valence electrons. The summed E-state index contributed by atoms with van der Waals surface area (Å²) in [5.41, 5.74) is 0. The first kappa shape index (κ1) is 15.1. The zero-order valence-electron chi connectivity index (χ0n) is 10.5. The van der Waals surface area contributed by atoms with E-state index in [4.69, 9.17) is 5.11 Å². The smallest absolute Gasteiger partial charge is 0.318 e. The first-order valence-corrected chi connectivity index (χ1v) is 7.73. The van der Waals surface area contributed by atoms with Crippen LogP contribution in [0.15, 0.2) is 10.4 Å². The molecule has 0 saturated heterocycles. The van der Waals surface area contributed by atoms with E-state index in [2.05, 4.69) is 4.98 Å². The lowest BCUT2D eigenvalue weighted by atomic mass is 10.4. The summed E-state index contributed by atoms with van der Waals surface area (Å²) in [6, 6.07) is -0.418. The Hall–Kier alpha value is -0.990. The van der Waals surface area contributed by atoms with Crippen LogP contribution in [0.3, 0.4) is 0 Å². The molecule has 0 aliphatic carbocycles. The van der Waals surface area contributed by atoms with E-state index in [1.54, 1.807) is 13.8 Å². The lowest BCUT2D eigenvalue weighted by Gasteiger charge is -2.22. The number of thiazole rings is 1.